The van der Waals surface area contributed by atoms with Gasteiger partial charge in [0.1, 0.15) is 25.1 Å². The lowest BCUT2D eigenvalue weighted by Gasteiger charge is -2.51. The van der Waals surface area contributed by atoms with Crippen LogP contribution in [0.15, 0.2) is 30.3 Å². The van der Waals surface area contributed by atoms with Crippen LogP contribution in [0.3, 0.4) is 0 Å². The second-order valence-electron chi connectivity index (χ2n) is 10.2. The first-order valence-corrected chi connectivity index (χ1v) is 11.4. The second kappa shape index (κ2) is 7.36. The molecule has 7 atom stereocenters. The third kappa shape index (κ3) is 3.51. The number of esters is 1. The van der Waals surface area contributed by atoms with E-state index < -0.39 is 0 Å². The molecule has 2 heterocycles. The summed E-state index contributed by atoms with van der Waals surface area (Å²) in [6, 6.07) is 10.4. The van der Waals surface area contributed by atoms with E-state index in [0.29, 0.717) is 18.4 Å². The molecule has 2 N–H and O–H groups in total. The largest absolute Gasteiger partial charge is 0.462 e. The molecule has 1 unspecified atom stereocenters. The van der Waals surface area contributed by atoms with E-state index >= 15 is 0 Å². The molecule has 2 aliphatic heterocycles. The number of benzene rings is 1. The minimum Gasteiger partial charge on any atom is -0.462 e. The average Bonchev–Trinajstić information content (AvgIpc) is 3.40. The van der Waals surface area contributed by atoms with Gasteiger partial charge in [0.25, 0.3) is 0 Å². The molecule has 4 aliphatic rings. The summed E-state index contributed by atoms with van der Waals surface area (Å²) >= 11 is 0. The fourth-order valence-corrected chi connectivity index (χ4v) is 6.81. The zero-order valence-electron chi connectivity index (χ0n) is 17.4. The predicted molar refractivity (Wildman–Crippen MR) is 108 cm³/mol. The first-order chi connectivity index (χ1) is 14.0. The Morgan fingerprint density at radius 3 is 2.76 bits per heavy atom. The van der Waals surface area contributed by atoms with E-state index in [4.69, 9.17) is 9.47 Å². The molecule has 2 saturated carbocycles. The molecule has 5 heteroatoms. The van der Waals surface area contributed by atoms with Crippen molar-refractivity contribution >= 4 is 5.97 Å². The van der Waals surface area contributed by atoms with Gasteiger partial charge >= 0.3 is 5.97 Å². The molecule has 29 heavy (non-hydrogen) atoms. The van der Waals surface area contributed by atoms with E-state index in [0.717, 1.165) is 32.5 Å². The Morgan fingerprint density at radius 1 is 1.24 bits per heavy atom. The van der Waals surface area contributed by atoms with Crippen molar-refractivity contribution in [1.29, 1.82) is 0 Å². The van der Waals surface area contributed by atoms with Crippen molar-refractivity contribution in [2.45, 2.75) is 57.3 Å². The molecule has 0 aromatic heterocycles. The van der Waals surface area contributed by atoms with Crippen molar-refractivity contribution in [3.05, 3.63) is 35.9 Å². The number of fused-ring (bicyclic) bond motifs is 3. The van der Waals surface area contributed by atoms with Gasteiger partial charge in [-0.25, -0.2) is 0 Å². The third-order valence-corrected chi connectivity index (χ3v) is 8.35. The molecule has 2 saturated heterocycles. The Hall–Kier alpha value is -1.43. The summed E-state index contributed by atoms with van der Waals surface area (Å²) in [6.07, 6.45) is 5.74. The highest BCUT2D eigenvalue weighted by atomic mass is 16.6. The lowest BCUT2D eigenvalue weighted by Crippen LogP contribution is -3.12. The van der Waals surface area contributed by atoms with E-state index in [-0.39, 0.29) is 35.6 Å². The summed E-state index contributed by atoms with van der Waals surface area (Å²) in [7, 11) is 0. The summed E-state index contributed by atoms with van der Waals surface area (Å²) in [5, 5.41) is 9.60. The summed E-state index contributed by atoms with van der Waals surface area (Å²) in [6.45, 7) is 5.67. The molecule has 1 spiro atoms. The maximum absolute atomic E-state index is 12.9. The zero-order chi connectivity index (χ0) is 20.1. The molecule has 1 aromatic rings. The van der Waals surface area contributed by atoms with Crippen molar-refractivity contribution in [1.82, 2.24) is 0 Å². The number of carbonyl (C=O) groups excluding carboxylic acids is 1. The Balaban J connectivity index is 1.33. The normalized spacial score (nSPS) is 41.5. The molecule has 158 valence electrons. The van der Waals surface area contributed by atoms with Crippen LogP contribution >= 0.6 is 0 Å². The summed E-state index contributed by atoms with van der Waals surface area (Å²) in [5.74, 6) is 0.769. The highest BCUT2D eigenvalue weighted by Crippen LogP contribution is 2.62. The van der Waals surface area contributed by atoms with Crippen molar-refractivity contribution in [3.63, 3.8) is 0 Å². The van der Waals surface area contributed by atoms with Gasteiger partial charge in [-0.1, -0.05) is 37.3 Å². The van der Waals surface area contributed by atoms with Gasteiger partial charge in [0.15, 0.2) is 0 Å². The van der Waals surface area contributed by atoms with E-state index in [1.807, 2.05) is 18.2 Å². The van der Waals surface area contributed by atoms with Crippen LogP contribution in [-0.4, -0.2) is 49.1 Å². The van der Waals surface area contributed by atoms with Gasteiger partial charge in [-0.2, -0.15) is 0 Å². The van der Waals surface area contributed by atoms with Gasteiger partial charge in [0, 0.05) is 11.5 Å². The molecular weight excluding hydrogens is 366 g/mol. The fourth-order valence-electron chi connectivity index (χ4n) is 6.81. The summed E-state index contributed by atoms with van der Waals surface area (Å²) < 4.78 is 12.0. The fraction of sp³-hybridized carbons (Fsp3) is 0.708. The van der Waals surface area contributed by atoms with E-state index in [1.54, 1.807) is 0 Å². The number of aliphatic hydroxyl groups excluding tert-OH is 1. The molecule has 4 fully saturated rings. The number of ether oxygens (including phenoxy) is 2. The third-order valence-electron chi connectivity index (χ3n) is 8.35. The van der Waals surface area contributed by atoms with Crippen LogP contribution in [0.2, 0.25) is 0 Å². The maximum Gasteiger partial charge on any atom is 0.315 e. The monoisotopic (exact) mass is 400 g/mol. The number of carbonyl (C=O) groups is 1. The molecule has 0 bridgehead atoms. The molecule has 0 amide bonds. The van der Waals surface area contributed by atoms with Crippen LogP contribution in [0.1, 0.15) is 44.6 Å². The number of hydrogen-bond donors (Lipinski definition) is 2. The van der Waals surface area contributed by atoms with Crippen LogP contribution < -0.4 is 4.90 Å². The van der Waals surface area contributed by atoms with E-state index in [1.165, 1.54) is 29.7 Å². The smallest absolute Gasteiger partial charge is 0.315 e. The van der Waals surface area contributed by atoms with Gasteiger partial charge in [-0.3, -0.25) is 4.79 Å². The van der Waals surface area contributed by atoms with Gasteiger partial charge in [-0.15, -0.1) is 0 Å². The van der Waals surface area contributed by atoms with Crippen LogP contribution in [-0.2, 0) is 20.8 Å². The number of nitrogens with one attached hydrogen (secondary N) is 1. The van der Waals surface area contributed by atoms with Gasteiger partial charge in [-0.05, 0) is 43.4 Å². The van der Waals surface area contributed by atoms with Crippen molar-refractivity contribution in [2.75, 3.05) is 26.3 Å². The topological polar surface area (TPSA) is 63.5 Å². The van der Waals surface area contributed by atoms with Crippen molar-refractivity contribution < 1.29 is 24.3 Å². The molecule has 1 aromatic carbocycles. The zero-order valence-corrected chi connectivity index (χ0v) is 17.4. The molecule has 5 nitrogen and oxygen atoms in total. The van der Waals surface area contributed by atoms with Crippen LogP contribution in [0.4, 0.5) is 0 Å². The lowest BCUT2D eigenvalue weighted by molar-refractivity contribution is -0.916. The SMILES string of the molecule is C[C@]12CCC[C@@]3(CO3)[C@H]1C[C@H]1[C@@H](C2)OC(=O)[C@@H]1C[NH+](CCO)Cc1ccccc1. The number of epoxide rings is 1. The summed E-state index contributed by atoms with van der Waals surface area (Å²) in [4.78, 5) is 14.2. The molecular formula is C24H34NO4+. The predicted octanol–water partition coefficient (Wildman–Crippen LogP) is 1.59. The molecule has 2 aliphatic carbocycles. The number of aliphatic hydroxyl groups is 1. The minimum atomic E-state index is -0.0625. The van der Waals surface area contributed by atoms with Gasteiger partial charge < -0.3 is 19.5 Å². The Labute approximate surface area is 173 Å². The quantitative estimate of drug-likeness (QED) is 0.562. The van der Waals surface area contributed by atoms with Crippen molar-refractivity contribution in [2.24, 2.45) is 23.2 Å². The Kier molecular flexibility index (Phi) is 4.96. The van der Waals surface area contributed by atoms with E-state index in [9.17, 15) is 9.90 Å². The van der Waals surface area contributed by atoms with Crippen molar-refractivity contribution in [3.8, 4) is 0 Å². The average molecular weight is 401 g/mol. The number of hydrogen-bond acceptors (Lipinski definition) is 4. The first-order valence-electron chi connectivity index (χ1n) is 11.4. The highest BCUT2D eigenvalue weighted by molar-refractivity contribution is 5.75. The first kappa shape index (κ1) is 19.5. The Morgan fingerprint density at radius 2 is 2.03 bits per heavy atom. The summed E-state index contributed by atoms with van der Waals surface area (Å²) in [5.41, 5.74) is 1.58. The number of rotatable bonds is 6. The van der Waals surface area contributed by atoms with Crippen LogP contribution in [0.25, 0.3) is 0 Å². The maximum atomic E-state index is 12.9. The lowest BCUT2D eigenvalue weighted by atomic mass is 9.53. The number of quaternary nitrogens is 1. The van der Waals surface area contributed by atoms with Gasteiger partial charge in [0.2, 0.25) is 0 Å². The second-order valence-corrected chi connectivity index (χ2v) is 10.2. The van der Waals surface area contributed by atoms with Crippen LogP contribution in [0.5, 0.6) is 0 Å². The minimum absolute atomic E-state index is 0.0171. The van der Waals surface area contributed by atoms with Crippen LogP contribution in [0, 0.1) is 23.2 Å². The van der Waals surface area contributed by atoms with Gasteiger partial charge in [0.05, 0.1) is 25.4 Å². The molecule has 5 rings (SSSR count). The standard InChI is InChI=1S/C24H33NO4/c1-23-8-5-9-24(16-28-24)21(23)12-18-19(22(27)29-20(18)13-23)15-25(10-11-26)14-17-6-3-2-4-7-17/h2-4,6-7,18-21,26H,5,8-16H2,1H3/p+1/t18-,19-,20-,21+,23-,24-/m1/s1. The Bertz CT molecular complexity index is 749. The van der Waals surface area contributed by atoms with E-state index in [2.05, 4.69) is 19.1 Å². The highest BCUT2D eigenvalue weighted by Gasteiger charge is 2.65. The molecule has 0 radical (unpaired) electrons.